The monoisotopic (exact) mass is 476 g/mol. The van der Waals surface area contributed by atoms with Crippen molar-refractivity contribution in [3.05, 3.63) is 85.5 Å². The quantitative estimate of drug-likeness (QED) is 0.506. The van der Waals surface area contributed by atoms with Gasteiger partial charge in [0.25, 0.3) is 5.91 Å². The van der Waals surface area contributed by atoms with E-state index in [1.807, 2.05) is 0 Å². The number of aromatic hydroxyl groups is 1. The number of aliphatic hydroxyl groups excluding tert-OH is 1. The van der Waals surface area contributed by atoms with Gasteiger partial charge in [0, 0.05) is 11.8 Å². The first-order valence-corrected chi connectivity index (χ1v) is 10.5. The van der Waals surface area contributed by atoms with Crippen molar-refractivity contribution in [2.45, 2.75) is 19.9 Å². The van der Waals surface area contributed by atoms with Crippen molar-refractivity contribution in [3.8, 4) is 5.75 Å². The van der Waals surface area contributed by atoms with Crippen LogP contribution in [0.2, 0.25) is 5.02 Å². The second-order valence-corrected chi connectivity index (χ2v) is 8.74. The largest absolute Gasteiger partial charge is 0.506 e. The number of nitrogens with zero attached hydrogens (tertiary/aromatic N) is 2. The number of benzene rings is 2. The summed E-state index contributed by atoms with van der Waals surface area (Å²) >= 11 is 7.15. The zero-order valence-corrected chi connectivity index (χ0v) is 18.3. The van der Waals surface area contributed by atoms with Gasteiger partial charge in [-0.1, -0.05) is 17.7 Å². The second-order valence-electron chi connectivity index (χ2n) is 7.13. The molecule has 3 aromatic rings. The topological polar surface area (TPSA) is 90.7 Å². The van der Waals surface area contributed by atoms with Crippen LogP contribution in [-0.2, 0) is 4.79 Å². The summed E-state index contributed by atoms with van der Waals surface area (Å²) in [6, 6.07) is 5.61. The van der Waals surface area contributed by atoms with E-state index in [2.05, 4.69) is 4.98 Å². The van der Waals surface area contributed by atoms with E-state index in [0.29, 0.717) is 10.7 Å². The summed E-state index contributed by atoms with van der Waals surface area (Å²) in [7, 11) is 0. The van der Waals surface area contributed by atoms with Crippen molar-refractivity contribution in [1.29, 1.82) is 0 Å². The van der Waals surface area contributed by atoms with Gasteiger partial charge in [0.1, 0.15) is 5.75 Å². The van der Waals surface area contributed by atoms with Gasteiger partial charge < -0.3 is 10.2 Å². The molecule has 10 heteroatoms. The number of halogens is 3. The molecule has 1 aliphatic rings. The first kappa shape index (κ1) is 21.9. The summed E-state index contributed by atoms with van der Waals surface area (Å²) < 4.78 is 27.5. The highest BCUT2D eigenvalue weighted by molar-refractivity contribution is 7.14. The third-order valence-corrected chi connectivity index (χ3v) is 6.41. The molecular weight excluding hydrogens is 462 g/mol. The van der Waals surface area contributed by atoms with Crippen LogP contribution in [0.4, 0.5) is 14.5 Å². The zero-order valence-electron chi connectivity index (χ0n) is 16.7. The maximum atomic E-state index is 14.0. The number of aryl methyl sites for hydroxylation is 2. The molecule has 32 heavy (non-hydrogen) atoms. The molecule has 6 nitrogen and oxygen atoms in total. The number of carbonyl (C=O) groups excluding carboxylic acids is 2. The molecule has 2 heterocycles. The van der Waals surface area contributed by atoms with Crippen LogP contribution in [0, 0.1) is 25.5 Å². The molecule has 1 amide bonds. The number of hydrogen-bond donors (Lipinski definition) is 2. The van der Waals surface area contributed by atoms with Gasteiger partial charge in [-0.3, -0.25) is 14.5 Å². The minimum Gasteiger partial charge on any atom is -0.506 e. The SMILES string of the molecule is Cc1nc(C)c(C(=O)C2=C(O)C(=O)N(c3ccc(F)c(F)c3)C2c2ccc(O)c(Cl)c2)s1. The number of anilines is 1. The molecule has 4 rings (SSSR count). The number of Topliss-reactive ketones (excluding diaryl/α,β-unsaturated/α-hetero) is 1. The fourth-order valence-corrected chi connectivity index (χ4v) is 4.67. The highest BCUT2D eigenvalue weighted by atomic mass is 35.5. The molecule has 0 saturated carbocycles. The van der Waals surface area contributed by atoms with Crippen molar-refractivity contribution >= 4 is 40.3 Å². The van der Waals surface area contributed by atoms with Crippen LogP contribution in [0.5, 0.6) is 5.75 Å². The number of carbonyl (C=O) groups is 2. The molecule has 0 saturated heterocycles. The van der Waals surface area contributed by atoms with Gasteiger partial charge in [0.15, 0.2) is 17.4 Å². The first-order valence-electron chi connectivity index (χ1n) is 9.29. The van der Waals surface area contributed by atoms with E-state index >= 15 is 0 Å². The van der Waals surface area contributed by atoms with E-state index in [0.717, 1.165) is 34.4 Å². The number of ketones is 1. The molecule has 1 aliphatic heterocycles. The lowest BCUT2D eigenvalue weighted by Gasteiger charge is -2.27. The molecule has 1 atom stereocenters. The Balaban J connectivity index is 1.93. The molecular formula is C22H15ClF2N2O4S. The number of phenols is 1. The Bertz CT molecular complexity index is 1320. The molecule has 2 aromatic carbocycles. The molecule has 0 spiro atoms. The average Bonchev–Trinajstić information content (AvgIpc) is 3.21. The third kappa shape index (κ3) is 3.53. The Hall–Kier alpha value is -3.30. The van der Waals surface area contributed by atoms with Crippen molar-refractivity contribution in [2.24, 2.45) is 0 Å². The average molecular weight is 477 g/mol. The summed E-state index contributed by atoms with van der Waals surface area (Å²) in [6.45, 7) is 3.35. The molecule has 0 bridgehead atoms. The molecule has 0 radical (unpaired) electrons. The highest BCUT2D eigenvalue weighted by Gasteiger charge is 2.45. The summed E-state index contributed by atoms with van der Waals surface area (Å²) in [4.78, 5) is 31.9. The van der Waals surface area contributed by atoms with Crippen LogP contribution >= 0.6 is 22.9 Å². The molecule has 164 valence electrons. The lowest BCUT2D eigenvalue weighted by molar-refractivity contribution is -0.117. The van der Waals surface area contributed by atoms with Gasteiger partial charge >= 0.3 is 0 Å². The van der Waals surface area contributed by atoms with Crippen molar-refractivity contribution in [3.63, 3.8) is 0 Å². The Morgan fingerprint density at radius 2 is 1.84 bits per heavy atom. The van der Waals surface area contributed by atoms with E-state index in [9.17, 15) is 28.6 Å². The van der Waals surface area contributed by atoms with Gasteiger partial charge in [0.2, 0.25) is 5.78 Å². The minimum absolute atomic E-state index is 0.0526. The molecule has 2 N–H and O–H groups in total. The molecule has 0 aliphatic carbocycles. The van der Waals surface area contributed by atoms with Gasteiger partial charge in [-0.05, 0) is 43.7 Å². The van der Waals surface area contributed by atoms with Crippen LogP contribution in [0.1, 0.15) is 32.0 Å². The summed E-state index contributed by atoms with van der Waals surface area (Å²) in [6.07, 6.45) is 0. The second kappa shape index (κ2) is 7.99. The molecule has 1 aromatic heterocycles. The Morgan fingerprint density at radius 1 is 1.12 bits per heavy atom. The summed E-state index contributed by atoms with van der Waals surface area (Å²) in [5.74, 6) is -4.96. The number of hydrogen-bond acceptors (Lipinski definition) is 6. The van der Waals surface area contributed by atoms with E-state index < -0.39 is 35.1 Å². The van der Waals surface area contributed by atoms with E-state index in [1.54, 1.807) is 13.8 Å². The minimum atomic E-state index is -1.21. The Labute approximate surface area is 190 Å². The Kier molecular flexibility index (Phi) is 5.47. The summed E-state index contributed by atoms with van der Waals surface area (Å²) in [5, 5.41) is 21.1. The third-order valence-electron chi connectivity index (χ3n) is 5.03. The number of thiazole rings is 1. The normalized spacial score (nSPS) is 16.2. The number of aromatic nitrogens is 1. The van der Waals surface area contributed by atoms with E-state index in [4.69, 9.17) is 11.6 Å². The van der Waals surface area contributed by atoms with Gasteiger partial charge in [-0.25, -0.2) is 13.8 Å². The first-order chi connectivity index (χ1) is 15.1. The van der Waals surface area contributed by atoms with Crippen LogP contribution in [-0.4, -0.2) is 26.9 Å². The van der Waals surface area contributed by atoms with Crippen molar-refractivity contribution in [1.82, 2.24) is 4.98 Å². The smallest absolute Gasteiger partial charge is 0.294 e. The number of phenolic OH excluding ortho intramolecular Hbond substituents is 1. The lowest BCUT2D eigenvalue weighted by atomic mass is 9.94. The van der Waals surface area contributed by atoms with Gasteiger partial charge in [0.05, 0.1) is 32.2 Å². The predicted octanol–water partition coefficient (Wildman–Crippen LogP) is 5.18. The molecule has 0 fully saturated rings. The van der Waals surface area contributed by atoms with Crippen molar-refractivity contribution < 1.29 is 28.6 Å². The van der Waals surface area contributed by atoms with Crippen LogP contribution in [0.3, 0.4) is 0 Å². The van der Waals surface area contributed by atoms with E-state index in [-0.39, 0.29) is 32.5 Å². The number of rotatable bonds is 4. The van der Waals surface area contributed by atoms with Crippen LogP contribution in [0.15, 0.2) is 47.7 Å². The predicted molar refractivity (Wildman–Crippen MR) is 115 cm³/mol. The standard InChI is InChI=1S/C22H15ClF2N2O4S/c1-9-21(32-10(2)26-9)19(29)17-18(11-3-6-16(28)13(23)7-11)27(22(31)20(17)30)12-4-5-14(24)15(25)8-12/h3-8,18,28,30H,1-2H3. The highest BCUT2D eigenvalue weighted by Crippen LogP contribution is 2.44. The van der Waals surface area contributed by atoms with Gasteiger partial charge in [-0.15, -0.1) is 11.3 Å². The molecule has 1 unspecified atom stereocenters. The lowest BCUT2D eigenvalue weighted by Crippen LogP contribution is -2.31. The number of amides is 1. The summed E-state index contributed by atoms with van der Waals surface area (Å²) in [5.41, 5.74) is 0.374. The number of aliphatic hydroxyl groups is 1. The van der Waals surface area contributed by atoms with Gasteiger partial charge in [-0.2, -0.15) is 0 Å². The Morgan fingerprint density at radius 3 is 2.44 bits per heavy atom. The van der Waals surface area contributed by atoms with Crippen LogP contribution < -0.4 is 4.90 Å². The van der Waals surface area contributed by atoms with E-state index in [1.165, 1.54) is 18.2 Å². The maximum Gasteiger partial charge on any atom is 0.294 e. The zero-order chi connectivity index (χ0) is 23.3. The fourth-order valence-electron chi connectivity index (χ4n) is 3.61. The maximum absolute atomic E-state index is 14.0. The fraction of sp³-hybridized carbons (Fsp3) is 0.136. The van der Waals surface area contributed by atoms with Crippen molar-refractivity contribution in [2.75, 3.05) is 4.90 Å². The van der Waals surface area contributed by atoms with Crippen LogP contribution in [0.25, 0.3) is 0 Å².